The molecule has 0 radical (unpaired) electrons. The Kier molecular flexibility index (Phi) is 7.58. The summed E-state index contributed by atoms with van der Waals surface area (Å²) in [7, 11) is 3.37. The van der Waals surface area contributed by atoms with E-state index in [1.807, 2.05) is 25.3 Å². The van der Waals surface area contributed by atoms with Crippen molar-refractivity contribution in [2.75, 3.05) is 26.0 Å². The average Bonchev–Trinajstić information content (AvgIpc) is 2.95. The van der Waals surface area contributed by atoms with Crippen molar-refractivity contribution >= 4 is 29.5 Å². The van der Waals surface area contributed by atoms with Crippen LogP contribution in [0.1, 0.15) is 51.5 Å². The van der Waals surface area contributed by atoms with E-state index in [-0.39, 0.29) is 18.4 Å². The zero-order valence-electron chi connectivity index (χ0n) is 18.4. The van der Waals surface area contributed by atoms with Crippen LogP contribution in [0.25, 0.3) is 6.08 Å². The third-order valence-electron chi connectivity index (χ3n) is 4.83. The third kappa shape index (κ3) is 4.97. The van der Waals surface area contributed by atoms with Crippen LogP contribution in [-0.4, -0.2) is 48.0 Å². The highest BCUT2D eigenvalue weighted by atomic mass is 16.5. The van der Waals surface area contributed by atoms with Crippen LogP contribution in [0.15, 0.2) is 30.3 Å². The van der Waals surface area contributed by atoms with E-state index in [9.17, 15) is 14.4 Å². The fourth-order valence-corrected chi connectivity index (χ4v) is 3.34. The van der Waals surface area contributed by atoms with Gasteiger partial charge in [-0.25, -0.2) is 4.79 Å². The minimum atomic E-state index is -0.397. The molecule has 1 heterocycles. The van der Waals surface area contributed by atoms with Gasteiger partial charge in [0.15, 0.2) is 0 Å². The summed E-state index contributed by atoms with van der Waals surface area (Å²) in [6.45, 7) is 8.54. The number of anilines is 1. The minimum Gasteiger partial charge on any atom is -0.462 e. The van der Waals surface area contributed by atoms with Crippen LogP contribution in [-0.2, 0) is 16.1 Å². The van der Waals surface area contributed by atoms with Crippen LogP contribution in [0.3, 0.4) is 0 Å². The summed E-state index contributed by atoms with van der Waals surface area (Å²) in [4.78, 5) is 38.3. The van der Waals surface area contributed by atoms with E-state index in [1.165, 1.54) is 11.0 Å². The predicted octanol–water partition coefficient (Wildman–Crippen LogP) is 3.66. The Labute approximate surface area is 177 Å². The summed E-state index contributed by atoms with van der Waals surface area (Å²) in [6.07, 6.45) is 3.03. The highest BCUT2D eigenvalue weighted by Gasteiger charge is 2.22. The molecule has 2 rings (SSSR count). The molecule has 0 saturated heterocycles. The smallest absolute Gasteiger partial charge is 0.340 e. The van der Waals surface area contributed by atoms with E-state index in [0.29, 0.717) is 28.9 Å². The number of aromatic nitrogens is 1. The number of carbonyl (C=O) groups excluding carboxylic acids is 3. The molecule has 0 atom stereocenters. The summed E-state index contributed by atoms with van der Waals surface area (Å²) >= 11 is 0. The summed E-state index contributed by atoms with van der Waals surface area (Å²) in [5.41, 5.74) is 3.98. The Morgan fingerprint density at radius 3 is 2.23 bits per heavy atom. The average molecular weight is 412 g/mol. The topological polar surface area (TPSA) is 80.6 Å². The van der Waals surface area contributed by atoms with E-state index in [1.54, 1.807) is 51.4 Å². The molecule has 1 aromatic carbocycles. The first-order valence-electron chi connectivity index (χ1n) is 9.88. The summed E-state index contributed by atoms with van der Waals surface area (Å²) in [5.74, 6) is -0.838. The highest BCUT2D eigenvalue weighted by Crippen LogP contribution is 2.25. The van der Waals surface area contributed by atoms with Crippen molar-refractivity contribution in [3.05, 3.63) is 58.4 Å². The Bertz CT molecular complexity index is 969. The van der Waals surface area contributed by atoms with Gasteiger partial charge in [0.25, 0.3) is 5.91 Å². The lowest BCUT2D eigenvalue weighted by molar-refractivity contribution is -0.111. The molecule has 0 unspecified atom stereocenters. The molecule has 30 heavy (non-hydrogen) atoms. The fourth-order valence-electron chi connectivity index (χ4n) is 3.34. The molecule has 0 bridgehead atoms. The number of benzene rings is 1. The van der Waals surface area contributed by atoms with E-state index in [2.05, 4.69) is 5.32 Å². The molecule has 7 heteroatoms. The number of rotatable bonds is 7. The van der Waals surface area contributed by atoms with Crippen LogP contribution >= 0.6 is 0 Å². The molecule has 0 aliphatic heterocycles. The normalized spacial score (nSPS) is 10.9. The molecule has 0 spiro atoms. The van der Waals surface area contributed by atoms with Crippen LogP contribution in [0, 0.1) is 13.8 Å². The van der Waals surface area contributed by atoms with Gasteiger partial charge in [-0.3, -0.25) is 9.59 Å². The second kappa shape index (κ2) is 9.91. The number of hydrogen-bond acceptors (Lipinski definition) is 4. The molecule has 7 nitrogen and oxygen atoms in total. The lowest BCUT2D eigenvalue weighted by Gasteiger charge is -2.10. The standard InChI is InChI=1S/C23H29N3O4/c1-7-26-15(3)19(21(16(26)4)23(29)30-8-2)13-14-20(27)24-18-11-9-17(10-12-18)22(28)25(5)6/h9-14H,7-8H2,1-6H3,(H,24,27)/b14-13+. The monoisotopic (exact) mass is 411 g/mol. The zero-order chi connectivity index (χ0) is 22.4. The van der Waals surface area contributed by atoms with Gasteiger partial charge in [0, 0.05) is 54.9 Å². The van der Waals surface area contributed by atoms with Crippen molar-refractivity contribution < 1.29 is 19.1 Å². The SMILES string of the molecule is CCOC(=O)c1c(/C=C/C(=O)Nc2ccc(C(=O)N(C)C)cc2)c(C)n(CC)c1C. The maximum atomic E-state index is 12.4. The van der Waals surface area contributed by atoms with Crippen molar-refractivity contribution in [3.63, 3.8) is 0 Å². The molecule has 0 saturated carbocycles. The maximum absolute atomic E-state index is 12.4. The van der Waals surface area contributed by atoms with E-state index >= 15 is 0 Å². The Hall–Kier alpha value is -3.35. The number of amides is 2. The second-order valence-corrected chi connectivity index (χ2v) is 7.02. The third-order valence-corrected chi connectivity index (χ3v) is 4.83. The van der Waals surface area contributed by atoms with Gasteiger partial charge in [0.2, 0.25) is 5.91 Å². The van der Waals surface area contributed by atoms with Crippen molar-refractivity contribution in [1.82, 2.24) is 9.47 Å². The van der Waals surface area contributed by atoms with Crippen molar-refractivity contribution in [1.29, 1.82) is 0 Å². The van der Waals surface area contributed by atoms with Gasteiger partial charge in [0.05, 0.1) is 12.2 Å². The molecule has 0 aliphatic carbocycles. The van der Waals surface area contributed by atoms with Crippen LogP contribution in [0.4, 0.5) is 5.69 Å². The Balaban J connectivity index is 2.22. The van der Waals surface area contributed by atoms with Gasteiger partial charge in [-0.1, -0.05) is 0 Å². The molecule has 1 N–H and O–H groups in total. The van der Waals surface area contributed by atoms with Gasteiger partial charge in [-0.15, -0.1) is 0 Å². The first-order valence-corrected chi connectivity index (χ1v) is 9.88. The fraction of sp³-hybridized carbons (Fsp3) is 0.348. The molecular formula is C23H29N3O4. The molecule has 2 amide bonds. The summed E-state index contributed by atoms with van der Waals surface area (Å²) in [6, 6.07) is 6.68. The zero-order valence-corrected chi connectivity index (χ0v) is 18.4. The first-order chi connectivity index (χ1) is 14.2. The molecule has 0 aliphatic rings. The largest absolute Gasteiger partial charge is 0.462 e. The predicted molar refractivity (Wildman–Crippen MR) is 118 cm³/mol. The molecule has 1 aromatic heterocycles. The molecule has 160 valence electrons. The van der Waals surface area contributed by atoms with Gasteiger partial charge >= 0.3 is 5.97 Å². The number of esters is 1. The van der Waals surface area contributed by atoms with Crippen LogP contribution < -0.4 is 5.32 Å². The van der Waals surface area contributed by atoms with E-state index < -0.39 is 5.97 Å². The van der Waals surface area contributed by atoms with Gasteiger partial charge in [-0.05, 0) is 58.0 Å². The lowest BCUT2D eigenvalue weighted by atomic mass is 10.1. The lowest BCUT2D eigenvalue weighted by Crippen LogP contribution is -2.21. The first kappa shape index (κ1) is 22.9. The minimum absolute atomic E-state index is 0.106. The highest BCUT2D eigenvalue weighted by molar-refractivity contribution is 6.04. The molecule has 0 fully saturated rings. The number of nitrogens with one attached hydrogen (secondary N) is 1. The van der Waals surface area contributed by atoms with Gasteiger partial charge < -0.3 is 19.5 Å². The molecule has 2 aromatic rings. The Morgan fingerprint density at radius 1 is 1.07 bits per heavy atom. The number of hydrogen-bond donors (Lipinski definition) is 1. The van der Waals surface area contributed by atoms with Crippen molar-refractivity contribution in [2.24, 2.45) is 0 Å². The second-order valence-electron chi connectivity index (χ2n) is 7.02. The van der Waals surface area contributed by atoms with Crippen LogP contribution in [0.2, 0.25) is 0 Å². The van der Waals surface area contributed by atoms with Crippen molar-refractivity contribution in [3.8, 4) is 0 Å². The van der Waals surface area contributed by atoms with Gasteiger partial charge in [0.1, 0.15) is 0 Å². The molecular weight excluding hydrogens is 382 g/mol. The van der Waals surface area contributed by atoms with E-state index in [0.717, 1.165) is 11.4 Å². The van der Waals surface area contributed by atoms with Crippen LogP contribution in [0.5, 0.6) is 0 Å². The maximum Gasteiger partial charge on any atom is 0.340 e. The van der Waals surface area contributed by atoms with Crippen molar-refractivity contribution in [2.45, 2.75) is 34.2 Å². The quantitative estimate of drug-likeness (QED) is 0.557. The number of ether oxygens (including phenoxy) is 1. The van der Waals surface area contributed by atoms with E-state index in [4.69, 9.17) is 4.74 Å². The Morgan fingerprint density at radius 2 is 1.70 bits per heavy atom. The summed E-state index contributed by atoms with van der Waals surface area (Å²) < 4.78 is 7.21. The number of nitrogens with zero attached hydrogens (tertiary/aromatic N) is 2. The van der Waals surface area contributed by atoms with Gasteiger partial charge in [-0.2, -0.15) is 0 Å². The number of carbonyl (C=O) groups is 3. The summed E-state index contributed by atoms with van der Waals surface area (Å²) in [5, 5.41) is 2.76.